The summed E-state index contributed by atoms with van der Waals surface area (Å²) in [5, 5.41) is 9.72. The molecule has 0 saturated heterocycles. The summed E-state index contributed by atoms with van der Waals surface area (Å²) in [5.74, 6) is -0.858. The zero-order chi connectivity index (χ0) is 16.3. The lowest BCUT2D eigenvalue weighted by molar-refractivity contribution is -0.146. The second kappa shape index (κ2) is 6.36. The smallest absolute Gasteiger partial charge is 0.309 e. The fourth-order valence-corrected chi connectivity index (χ4v) is 2.44. The molecule has 0 spiro atoms. The van der Waals surface area contributed by atoms with Gasteiger partial charge < -0.3 is 9.67 Å². The highest BCUT2D eigenvalue weighted by Gasteiger charge is 2.28. The highest BCUT2D eigenvalue weighted by Crippen LogP contribution is 2.27. The number of rotatable bonds is 5. The van der Waals surface area contributed by atoms with E-state index in [4.69, 9.17) is 11.6 Å². The number of hydrogen-bond donors (Lipinski definition) is 1. The van der Waals surface area contributed by atoms with E-state index in [1.165, 1.54) is 6.07 Å². The molecule has 0 unspecified atom stereocenters. The average molecular weight is 320 g/mol. The summed E-state index contributed by atoms with van der Waals surface area (Å²) in [7, 11) is 0. The molecule has 116 valence electrons. The normalized spacial score (nSPS) is 11.4. The van der Waals surface area contributed by atoms with Crippen LogP contribution < -0.4 is 5.56 Å². The first kappa shape index (κ1) is 16.3. The molecule has 0 amide bonds. The first-order valence-electron chi connectivity index (χ1n) is 6.96. The standard InChI is InChI=1S/C17H18ClNO3/c1-17(2,16(21)22)10-13-7-6-12(9-14(13)18)11-19-8-4-3-5-15(19)20/h3-9H,10-11H2,1-2H3,(H,21,22). The van der Waals surface area contributed by atoms with Crippen molar-refractivity contribution in [2.75, 3.05) is 0 Å². The molecular weight excluding hydrogens is 302 g/mol. The van der Waals surface area contributed by atoms with Gasteiger partial charge in [-0.1, -0.05) is 29.8 Å². The average Bonchev–Trinajstić information content (AvgIpc) is 2.44. The largest absolute Gasteiger partial charge is 0.481 e. The van der Waals surface area contributed by atoms with Gasteiger partial charge in [0, 0.05) is 17.3 Å². The van der Waals surface area contributed by atoms with Crippen molar-refractivity contribution in [3.8, 4) is 0 Å². The van der Waals surface area contributed by atoms with Crippen LogP contribution in [0.25, 0.3) is 0 Å². The highest BCUT2D eigenvalue weighted by atomic mass is 35.5. The van der Waals surface area contributed by atoms with Crippen LogP contribution in [0.4, 0.5) is 0 Å². The van der Waals surface area contributed by atoms with Crippen LogP contribution >= 0.6 is 11.6 Å². The maximum absolute atomic E-state index is 11.7. The van der Waals surface area contributed by atoms with E-state index in [0.29, 0.717) is 18.0 Å². The third kappa shape index (κ3) is 3.77. The van der Waals surface area contributed by atoms with Crippen LogP contribution in [0, 0.1) is 5.41 Å². The topological polar surface area (TPSA) is 59.3 Å². The zero-order valence-electron chi connectivity index (χ0n) is 12.5. The third-order valence-electron chi connectivity index (χ3n) is 3.58. The molecule has 2 aromatic rings. The van der Waals surface area contributed by atoms with Gasteiger partial charge in [-0.25, -0.2) is 0 Å². The van der Waals surface area contributed by atoms with Crippen LogP contribution in [0.2, 0.25) is 5.02 Å². The number of hydrogen-bond acceptors (Lipinski definition) is 2. The van der Waals surface area contributed by atoms with Crippen LogP contribution in [0.5, 0.6) is 0 Å². The van der Waals surface area contributed by atoms with Gasteiger partial charge in [-0.3, -0.25) is 9.59 Å². The monoisotopic (exact) mass is 319 g/mol. The van der Waals surface area contributed by atoms with Crippen LogP contribution in [0.3, 0.4) is 0 Å². The van der Waals surface area contributed by atoms with E-state index in [-0.39, 0.29) is 5.56 Å². The molecule has 0 atom stereocenters. The lowest BCUT2D eigenvalue weighted by atomic mass is 9.86. The van der Waals surface area contributed by atoms with Crippen molar-refractivity contribution in [1.29, 1.82) is 0 Å². The minimum absolute atomic E-state index is 0.0743. The molecule has 1 heterocycles. The number of aliphatic carboxylic acids is 1. The van der Waals surface area contributed by atoms with E-state index in [1.807, 2.05) is 12.1 Å². The number of aromatic nitrogens is 1. The molecule has 5 heteroatoms. The molecule has 0 aliphatic carbocycles. The molecule has 4 nitrogen and oxygen atoms in total. The summed E-state index contributed by atoms with van der Waals surface area (Å²) in [4.78, 5) is 22.9. The first-order chi connectivity index (χ1) is 10.3. The van der Waals surface area contributed by atoms with Crippen LogP contribution in [0.15, 0.2) is 47.4 Å². The Morgan fingerprint density at radius 3 is 2.59 bits per heavy atom. The molecule has 0 radical (unpaired) electrons. The van der Waals surface area contributed by atoms with Crippen molar-refractivity contribution in [2.45, 2.75) is 26.8 Å². The van der Waals surface area contributed by atoms with Gasteiger partial charge >= 0.3 is 5.97 Å². The minimum Gasteiger partial charge on any atom is -0.481 e. The number of carbonyl (C=O) groups is 1. The van der Waals surface area contributed by atoms with Crippen LogP contribution in [-0.4, -0.2) is 15.6 Å². The Kier molecular flexibility index (Phi) is 4.71. The lowest BCUT2D eigenvalue weighted by Gasteiger charge is -2.20. The molecule has 1 aromatic carbocycles. The van der Waals surface area contributed by atoms with E-state index < -0.39 is 11.4 Å². The maximum Gasteiger partial charge on any atom is 0.309 e. The Morgan fingerprint density at radius 2 is 2.00 bits per heavy atom. The van der Waals surface area contributed by atoms with Gasteiger partial charge in [0.05, 0.1) is 12.0 Å². The van der Waals surface area contributed by atoms with E-state index in [9.17, 15) is 14.7 Å². The molecule has 1 N–H and O–H groups in total. The molecule has 0 bridgehead atoms. The van der Waals surface area contributed by atoms with Gasteiger partial charge in [-0.15, -0.1) is 0 Å². The number of halogens is 1. The molecule has 22 heavy (non-hydrogen) atoms. The molecular formula is C17H18ClNO3. The number of carboxylic acid groups (broad SMARTS) is 1. The summed E-state index contributed by atoms with van der Waals surface area (Å²) in [6.45, 7) is 3.77. The van der Waals surface area contributed by atoms with Crippen LogP contribution in [-0.2, 0) is 17.8 Å². The Bertz CT molecular complexity index is 750. The van der Waals surface area contributed by atoms with Crippen molar-refractivity contribution in [2.24, 2.45) is 5.41 Å². The first-order valence-corrected chi connectivity index (χ1v) is 7.33. The summed E-state index contributed by atoms with van der Waals surface area (Å²) in [6, 6.07) is 10.5. The van der Waals surface area contributed by atoms with E-state index >= 15 is 0 Å². The van der Waals surface area contributed by atoms with E-state index in [0.717, 1.165) is 11.1 Å². The van der Waals surface area contributed by atoms with E-state index in [1.54, 1.807) is 42.8 Å². The number of carboxylic acids is 1. The Labute approximate surface area is 134 Å². The SMILES string of the molecule is CC(C)(Cc1ccc(Cn2ccccc2=O)cc1Cl)C(=O)O. The highest BCUT2D eigenvalue weighted by molar-refractivity contribution is 6.31. The molecule has 0 aliphatic rings. The molecule has 0 saturated carbocycles. The Hall–Kier alpha value is -2.07. The minimum atomic E-state index is -0.873. The second-order valence-corrected chi connectivity index (χ2v) is 6.37. The van der Waals surface area contributed by atoms with Crippen molar-refractivity contribution < 1.29 is 9.90 Å². The zero-order valence-corrected chi connectivity index (χ0v) is 13.3. The molecule has 2 rings (SSSR count). The van der Waals surface area contributed by atoms with Gasteiger partial charge in [0.2, 0.25) is 0 Å². The van der Waals surface area contributed by atoms with Gasteiger partial charge in [-0.2, -0.15) is 0 Å². The van der Waals surface area contributed by atoms with Gasteiger partial charge in [-0.05, 0) is 43.5 Å². The van der Waals surface area contributed by atoms with Crippen molar-refractivity contribution >= 4 is 17.6 Å². The second-order valence-electron chi connectivity index (χ2n) is 5.96. The Balaban J connectivity index is 2.22. The predicted octanol–water partition coefficient (Wildman–Crippen LogP) is 3.20. The van der Waals surface area contributed by atoms with Gasteiger partial charge in [0.1, 0.15) is 0 Å². The number of benzene rings is 1. The third-order valence-corrected chi connectivity index (χ3v) is 3.93. The molecule has 0 fully saturated rings. The van der Waals surface area contributed by atoms with Gasteiger partial charge in [0.25, 0.3) is 5.56 Å². The quantitative estimate of drug-likeness (QED) is 0.920. The summed E-state index contributed by atoms with van der Waals surface area (Å²) < 4.78 is 1.59. The summed E-state index contributed by atoms with van der Waals surface area (Å²) in [5.41, 5.74) is 0.741. The van der Waals surface area contributed by atoms with Crippen molar-refractivity contribution in [1.82, 2.24) is 4.57 Å². The van der Waals surface area contributed by atoms with Crippen molar-refractivity contribution in [3.05, 3.63) is 69.1 Å². The maximum atomic E-state index is 11.7. The Morgan fingerprint density at radius 1 is 1.27 bits per heavy atom. The summed E-state index contributed by atoms with van der Waals surface area (Å²) in [6.07, 6.45) is 2.07. The van der Waals surface area contributed by atoms with Gasteiger partial charge in [0.15, 0.2) is 0 Å². The van der Waals surface area contributed by atoms with Crippen molar-refractivity contribution in [3.63, 3.8) is 0 Å². The fourth-order valence-electron chi connectivity index (χ4n) is 2.17. The molecule has 1 aromatic heterocycles. The number of nitrogens with zero attached hydrogens (tertiary/aromatic N) is 1. The van der Waals surface area contributed by atoms with E-state index in [2.05, 4.69) is 0 Å². The lowest BCUT2D eigenvalue weighted by Crippen LogP contribution is -2.26. The van der Waals surface area contributed by atoms with Crippen LogP contribution in [0.1, 0.15) is 25.0 Å². The summed E-state index contributed by atoms with van der Waals surface area (Å²) >= 11 is 6.27. The fraction of sp³-hybridized carbons (Fsp3) is 0.294. The molecule has 0 aliphatic heterocycles. The predicted molar refractivity (Wildman–Crippen MR) is 86.4 cm³/mol. The number of pyridine rings is 1.